The normalized spacial score (nSPS) is 8.73. The smallest absolute Gasteiger partial charge is 0.408 e. The Morgan fingerprint density at radius 1 is 1.64 bits per heavy atom. The van der Waals surface area contributed by atoms with Crippen LogP contribution in [0.3, 0.4) is 0 Å². The molecule has 1 amide bonds. The molecule has 0 aliphatic rings. The number of thiazole rings is 1. The van der Waals surface area contributed by atoms with Crippen LogP contribution in [0.25, 0.3) is 0 Å². The molecule has 0 saturated carbocycles. The van der Waals surface area contributed by atoms with Gasteiger partial charge in [0.2, 0.25) is 5.91 Å². The minimum absolute atomic E-state index is 0. The van der Waals surface area contributed by atoms with Gasteiger partial charge in [-0.1, -0.05) is 0 Å². The monoisotopic (exact) mass is 213 g/mol. The van der Waals surface area contributed by atoms with E-state index < -0.39 is 5.91 Å². The van der Waals surface area contributed by atoms with Crippen molar-refractivity contribution in [3.63, 3.8) is 0 Å². The molecule has 7 heteroatoms. The van der Waals surface area contributed by atoms with Crippen molar-refractivity contribution in [2.24, 2.45) is 5.73 Å². The number of carbonyl (C=O) groups is 1. The summed E-state index contributed by atoms with van der Waals surface area (Å²) in [5.41, 5.74) is 10.2. The second-order valence-corrected chi connectivity index (χ2v) is 3.20. The minimum atomic E-state index is -0.578. The molecule has 0 bridgehead atoms. The molecule has 11 heavy (non-hydrogen) atoms. The van der Waals surface area contributed by atoms with Crippen LogP contribution in [0.5, 0.6) is 0 Å². The van der Waals surface area contributed by atoms with E-state index in [1.165, 1.54) is 0 Å². The van der Waals surface area contributed by atoms with Gasteiger partial charge >= 0.3 is 51.4 Å². The summed E-state index contributed by atoms with van der Waals surface area (Å²) in [6.45, 7) is 0. The maximum atomic E-state index is 10.5. The molecule has 1 heterocycles. The number of nitrogens with two attached hydrogens (primary N) is 2. The molecule has 4 N–H and O–H groups in total. The average Bonchev–Trinajstić information content (AvgIpc) is 2.10. The van der Waals surface area contributed by atoms with Crippen molar-refractivity contribution in [1.29, 1.82) is 0 Å². The number of nitrogen functional groups attached to an aromatic ring is 1. The Morgan fingerprint density at radius 2 is 2.18 bits per heavy atom. The number of hydrogen-bond acceptors (Lipinski definition) is 5. The Morgan fingerprint density at radius 3 is 2.36 bits per heavy atom. The first-order chi connectivity index (χ1) is 4.61. The van der Waals surface area contributed by atoms with Crippen molar-refractivity contribution >= 4 is 35.7 Å². The van der Waals surface area contributed by atoms with E-state index in [0.29, 0.717) is 4.34 Å². The van der Waals surface area contributed by atoms with Gasteiger partial charge in [0, 0.05) is 4.88 Å². The molecule has 0 unspecified atom stereocenters. The van der Waals surface area contributed by atoms with Crippen LogP contribution in [0.15, 0.2) is 4.34 Å². The number of amides is 1. The first-order valence-corrected chi connectivity index (χ1v) is 3.57. The summed E-state index contributed by atoms with van der Waals surface area (Å²) in [6.07, 6.45) is 0. The molecular weight excluding hydrogens is 209 g/mol. The van der Waals surface area contributed by atoms with Gasteiger partial charge in [-0.05, 0) is 4.34 Å². The molecule has 1 aromatic rings. The van der Waals surface area contributed by atoms with Crippen molar-refractivity contribution in [2.75, 3.05) is 5.73 Å². The Bertz CT molecular complexity index is 274. The molecule has 4 nitrogen and oxygen atoms in total. The van der Waals surface area contributed by atoms with Gasteiger partial charge in [0.15, 0.2) is 0 Å². The van der Waals surface area contributed by atoms with Crippen molar-refractivity contribution in [1.82, 2.24) is 4.98 Å². The van der Waals surface area contributed by atoms with Crippen molar-refractivity contribution in [3.05, 3.63) is 4.88 Å². The van der Waals surface area contributed by atoms with E-state index in [2.05, 4.69) is 17.6 Å². The third kappa shape index (κ3) is 2.94. The fourth-order valence-corrected chi connectivity index (χ4v) is 1.41. The molecular formula is C4H4KN3OS2. The summed E-state index contributed by atoms with van der Waals surface area (Å²) >= 11 is 5.69. The first kappa shape index (κ1) is 11.8. The zero-order valence-electron chi connectivity index (χ0n) is 5.83. The largest absolute Gasteiger partial charge is 1.00 e. The fourth-order valence-electron chi connectivity index (χ4n) is 0.488. The molecule has 0 aromatic carbocycles. The summed E-state index contributed by atoms with van der Waals surface area (Å²) in [5, 5.41) is 0. The van der Waals surface area contributed by atoms with Gasteiger partial charge in [-0.2, -0.15) is 0 Å². The van der Waals surface area contributed by atoms with Crippen LogP contribution in [0.2, 0.25) is 0 Å². The second-order valence-electron chi connectivity index (χ2n) is 1.56. The van der Waals surface area contributed by atoms with Crippen molar-refractivity contribution in [2.45, 2.75) is 4.34 Å². The van der Waals surface area contributed by atoms with Gasteiger partial charge in [0.05, 0.1) is 0 Å². The number of nitrogens with zero attached hydrogens (tertiary/aromatic N) is 1. The molecule has 0 aliphatic heterocycles. The molecule has 0 aliphatic carbocycles. The quantitative estimate of drug-likeness (QED) is 0.379. The van der Waals surface area contributed by atoms with Crippen LogP contribution >= 0.6 is 11.3 Å². The number of aromatic nitrogens is 1. The van der Waals surface area contributed by atoms with Crippen LogP contribution in [0, 0.1) is 0 Å². The molecule has 0 saturated heterocycles. The van der Waals surface area contributed by atoms with Gasteiger partial charge in [-0.25, -0.2) is 0 Å². The number of anilines is 1. The number of rotatable bonds is 1. The van der Waals surface area contributed by atoms with Gasteiger partial charge < -0.3 is 35.4 Å². The van der Waals surface area contributed by atoms with Gasteiger partial charge in [0.25, 0.3) is 0 Å². The third-order valence-electron chi connectivity index (χ3n) is 0.858. The van der Waals surface area contributed by atoms with Crippen LogP contribution in [-0.2, 0) is 12.6 Å². The van der Waals surface area contributed by atoms with Crippen molar-refractivity contribution < 1.29 is 56.2 Å². The van der Waals surface area contributed by atoms with Crippen LogP contribution in [0.4, 0.5) is 5.82 Å². The fraction of sp³-hybridized carbons (Fsp3) is 0. The maximum absolute atomic E-state index is 10.5. The first-order valence-electron chi connectivity index (χ1n) is 2.34. The topological polar surface area (TPSA) is 82.0 Å². The summed E-state index contributed by atoms with van der Waals surface area (Å²) in [7, 11) is 0. The summed E-state index contributed by atoms with van der Waals surface area (Å²) in [5.74, 6) is -0.450. The molecule has 0 atom stereocenters. The van der Waals surface area contributed by atoms with E-state index in [9.17, 15) is 4.79 Å². The van der Waals surface area contributed by atoms with E-state index in [4.69, 9.17) is 11.5 Å². The van der Waals surface area contributed by atoms with E-state index >= 15 is 0 Å². The number of carbonyl (C=O) groups excluding carboxylic acids is 1. The number of hydrogen-bond donors (Lipinski definition) is 2. The van der Waals surface area contributed by atoms with Gasteiger partial charge in [-0.15, -0.1) is 0 Å². The van der Waals surface area contributed by atoms with E-state index in [0.717, 1.165) is 11.3 Å². The molecule has 54 valence electrons. The van der Waals surface area contributed by atoms with Gasteiger partial charge in [0.1, 0.15) is 5.82 Å². The Labute approximate surface area is 116 Å². The Hall–Kier alpha value is 0.756. The molecule has 1 aromatic heterocycles. The van der Waals surface area contributed by atoms with Crippen LogP contribution < -0.4 is 62.9 Å². The van der Waals surface area contributed by atoms with Gasteiger partial charge in [-0.3, -0.25) is 9.78 Å². The molecule has 0 spiro atoms. The third-order valence-corrected chi connectivity index (χ3v) is 2.08. The predicted octanol–water partition coefficient (Wildman–Crippen LogP) is -3.27. The Kier molecular flexibility index (Phi) is 5.03. The average molecular weight is 213 g/mol. The van der Waals surface area contributed by atoms with Crippen molar-refractivity contribution in [3.8, 4) is 0 Å². The standard InChI is InChI=1S/C4H5N3OS2.K/c5-2-1(3(6)8)10-4(9)7-2;/h5H2,(H2,6,8)(H,7,9);/q;+1/p-1. The molecule has 0 fully saturated rings. The molecule has 0 radical (unpaired) electrons. The van der Waals surface area contributed by atoms with E-state index in [-0.39, 0.29) is 62.1 Å². The van der Waals surface area contributed by atoms with E-state index in [1.54, 1.807) is 0 Å². The zero-order chi connectivity index (χ0) is 7.72. The summed E-state index contributed by atoms with van der Waals surface area (Å²) in [4.78, 5) is 14.4. The Balaban J connectivity index is 0.000001000. The van der Waals surface area contributed by atoms with Crippen LogP contribution in [-0.4, -0.2) is 10.9 Å². The minimum Gasteiger partial charge on any atom is -0.408 e. The van der Waals surface area contributed by atoms with Crippen LogP contribution in [0.1, 0.15) is 9.67 Å². The van der Waals surface area contributed by atoms with E-state index in [1.807, 2.05) is 0 Å². The SMILES string of the molecule is NC(=O)c1sc([S-])nc1N.[K+]. The summed E-state index contributed by atoms with van der Waals surface area (Å²) < 4.78 is 0.339. The number of primary amides is 1. The summed E-state index contributed by atoms with van der Waals surface area (Å²) in [6, 6.07) is 0. The zero-order valence-corrected chi connectivity index (χ0v) is 10.6. The predicted molar refractivity (Wildman–Crippen MR) is 40.7 cm³/mol. The second kappa shape index (κ2) is 4.70. The molecule has 1 rings (SSSR count). The maximum Gasteiger partial charge on any atom is 1.00 e.